The van der Waals surface area contributed by atoms with Crippen LogP contribution in [-0.2, 0) is 16.6 Å². The summed E-state index contributed by atoms with van der Waals surface area (Å²) in [6, 6.07) is -0.116. The third-order valence-electron chi connectivity index (χ3n) is 3.42. The molecule has 1 aromatic rings. The predicted molar refractivity (Wildman–Crippen MR) is 74.0 cm³/mol. The SMILES string of the molecule is Cc1nn(C)cc1[C@@H](C)NC(=O)CN1CCNCC1=O. The summed E-state index contributed by atoms with van der Waals surface area (Å²) in [5.74, 6) is -0.174. The lowest BCUT2D eigenvalue weighted by atomic mass is 10.1. The van der Waals surface area contributed by atoms with E-state index >= 15 is 0 Å². The average Bonchev–Trinajstić information content (AvgIpc) is 2.71. The molecular formula is C13H21N5O2. The zero-order chi connectivity index (χ0) is 14.7. The van der Waals surface area contributed by atoms with Crippen LogP contribution in [0.3, 0.4) is 0 Å². The van der Waals surface area contributed by atoms with Crippen LogP contribution in [0, 0.1) is 6.92 Å². The van der Waals surface area contributed by atoms with E-state index < -0.39 is 0 Å². The van der Waals surface area contributed by atoms with E-state index in [1.165, 1.54) is 0 Å². The molecule has 1 saturated heterocycles. The van der Waals surface area contributed by atoms with Crippen LogP contribution in [-0.4, -0.2) is 52.7 Å². The van der Waals surface area contributed by atoms with Gasteiger partial charge in [-0.2, -0.15) is 5.10 Å². The minimum Gasteiger partial charge on any atom is -0.348 e. The van der Waals surface area contributed by atoms with Gasteiger partial charge in [0.15, 0.2) is 0 Å². The first-order valence-corrected chi connectivity index (χ1v) is 6.75. The zero-order valence-electron chi connectivity index (χ0n) is 12.1. The van der Waals surface area contributed by atoms with Crippen LogP contribution in [0.25, 0.3) is 0 Å². The highest BCUT2D eigenvalue weighted by Crippen LogP contribution is 2.15. The third-order valence-corrected chi connectivity index (χ3v) is 3.42. The van der Waals surface area contributed by atoms with Crippen LogP contribution in [0.5, 0.6) is 0 Å². The second-order valence-electron chi connectivity index (χ2n) is 5.12. The predicted octanol–water partition coefficient (Wildman–Crippen LogP) is -0.662. The topological polar surface area (TPSA) is 79.3 Å². The van der Waals surface area contributed by atoms with E-state index in [1.807, 2.05) is 27.1 Å². The van der Waals surface area contributed by atoms with E-state index in [2.05, 4.69) is 15.7 Å². The number of hydrogen-bond donors (Lipinski definition) is 2. The van der Waals surface area contributed by atoms with E-state index in [9.17, 15) is 9.59 Å². The smallest absolute Gasteiger partial charge is 0.240 e. The molecule has 1 aromatic heterocycles. The van der Waals surface area contributed by atoms with Crippen molar-refractivity contribution >= 4 is 11.8 Å². The summed E-state index contributed by atoms with van der Waals surface area (Å²) in [7, 11) is 1.85. The van der Waals surface area contributed by atoms with E-state index in [4.69, 9.17) is 0 Å². The first-order valence-electron chi connectivity index (χ1n) is 6.75. The van der Waals surface area contributed by atoms with E-state index in [0.717, 1.165) is 17.8 Å². The Kier molecular flexibility index (Phi) is 4.39. The second-order valence-corrected chi connectivity index (χ2v) is 5.12. The average molecular weight is 279 g/mol. The number of aryl methyl sites for hydroxylation is 2. The molecule has 0 radical (unpaired) electrons. The zero-order valence-corrected chi connectivity index (χ0v) is 12.1. The Balaban J connectivity index is 1.90. The monoisotopic (exact) mass is 279 g/mol. The van der Waals surface area contributed by atoms with Crippen molar-refractivity contribution in [2.24, 2.45) is 7.05 Å². The van der Waals surface area contributed by atoms with Gasteiger partial charge in [0, 0.05) is 31.9 Å². The number of nitrogens with zero attached hydrogens (tertiary/aromatic N) is 3. The van der Waals surface area contributed by atoms with Crippen molar-refractivity contribution in [3.05, 3.63) is 17.5 Å². The maximum Gasteiger partial charge on any atom is 0.240 e. The van der Waals surface area contributed by atoms with Crippen LogP contribution < -0.4 is 10.6 Å². The van der Waals surface area contributed by atoms with Crippen molar-refractivity contribution in [2.45, 2.75) is 19.9 Å². The molecule has 2 rings (SSSR count). The minimum atomic E-state index is -0.143. The minimum absolute atomic E-state index is 0.0309. The fourth-order valence-corrected chi connectivity index (χ4v) is 2.39. The molecule has 0 spiro atoms. The molecule has 0 aliphatic carbocycles. The fraction of sp³-hybridized carbons (Fsp3) is 0.615. The summed E-state index contributed by atoms with van der Waals surface area (Å²) < 4.78 is 1.73. The quantitative estimate of drug-likeness (QED) is 0.767. The molecule has 2 amide bonds. The van der Waals surface area contributed by atoms with Gasteiger partial charge >= 0.3 is 0 Å². The normalized spacial score (nSPS) is 17.1. The van der Waals surface area contributed by atoms with Crippen molar-refractivity contribution in [1.29, 1.82) is 0 Å². The van der Waals surface area contributed by atoms with E-state index in [1.54, 1.807) is 9.58 Å². The van der Waals surface area contributed by atoms with Gasteiger partial charge in [-0.1, -0.05) is 0 Å². The lowest BCUT2D eigenvalue weighted by Gasteiger charge is -2.27. The van der Waals surface area contributed by atoms with Gasteiger partial charge < -0.3 is 15.5 Å². The molecule has 20 heavy (non-hydrogen) atoms. The van der Waals surface area contributed by atoms with Crippen LogP contribution >= 0.6 is 0 Å². The molecule has 0 saturated carbocycles. The fourth-order valence-electron chi connectivity index (χ4n) is 2.39. The van der Waals surface area contributed by atoms with Gasteiger partial charge in [-0.05, 0) is 13.8 Å². The molecule has 1 atom stereocenters. The molecule has 7 nitrogen and oxygen atoms in total. The lowest BCUT2D eigenvalue weighted by Crippen LogP contribution is -2.51. The standard InChI is InChI=1S/C13H21N5O2/c1-9(11-7-17(3)16-10(11)2)15-12(19)8-18-5-4-14-6-13(18)20/h7,9,14H,4-6,8H2,1-3H3,(H,15,19)/t9-/m1/s1. The molecular weight excluding hydrogens is 258 g/mol. The molecule has 0 aromatic carbocycles. The molecule has 1 aliphatic heterocycles. The van der Waals surface area contributed by atoms with Gasteiger partial charge in [0.2, 0.25) is 11.8 Å². The maximum absolute atomic E-state index is 12.0. The molecule has 7 heteroatoms. The number of rotatable bonds is 4. The van der Waals surface area contributed by atoms with Crippen molar-refractivity contribution in [2.75, 3.05) is 26.2 Å². The maximum atomic E-state index is 12.0. The number of piperazine rings is 1. The van der Waals surface area contributed by atoms with Crippen LogP contribution in [0.4, 0.5) is 0 Å². The van der Waals surface area contributed by atoms with Crippen LogP contribution in [0.1, 0.15) is 24.2 Å². The highest BCUT2D eigenvalue weighted by molar-refractivity contribution is 5.86. The summed E-state index contributed by atoms with van der Waals surface area (Å²) in [5.41, 5.74) is 1.89. The molecule has 1 aliphatic rings. The van der Waals surface area contributed by atoms with Crippen molar-refractivity contribution in [3.8, 4) is 0 Å². The van der Waals surface area contributed by atoms with Gasteiger partial charge in [-0.25, -0.2) is 0 Å². The van der Waals surface area contributed by atoms with Crippen LogP contribution in [0.15, 0.2) is 6.20 Å². The number of nitrogens with one attached hydrogen (secondary N) is 2. The summed E-state index contributed by atoms with van der Waals surface area (Å²) in [6.07, 6.45) is 1.90. The molecule has 110 valence electrons. The Morgan fingerprint density at radius 1 is 1.60 bits per heavy atom. The van der Waals surface area contributed by atoms with Gasteiger partial charge in [-0.15, -0.1) is 0 Å². The summed E-state index contributed by atoms with van der Waals surface area (Å²) >= 11 is 0. The number of carbonyl (C=O) groups is 2. The summed E-state index contributed by atoms with van der Waals surface area (Å²) in [5, 5.41) is 10.2. The number of carbonyl (C=O) groups excluding carboxylic acids is 2. The molecule has 2 N–H and O–H groups in total. The van der Waals surface area contributed by atoms with Gasteiger partial charge in [0.05, 0.1) is 24.8 Å². The van der Waals surface area contributed by atoms with Gasteiger partial charge in [0.1, 0.15) is 0 Å². The molecule has 0 bridgehead atoms. The molecule has 2 heterocycles. The van der Waals surface area contributed by atoms with Crippen molar-refractivity contribution in [1.82, 2.24) is 25.3 Å². The van der Waals surface area contributed by atoms with Crippen molar-refractivity contribution in [3.63, 3.8) is 0 Å². The van der Waals surface area contributed by atoms with Crippen LogP contribution in [0.2, 0.25) is 0 Å². The highest BCUT2D eigenvalue weighted by Gasteiger charge is 2.21. The van der Waals surface area contributed by atoms with E-state index in [0.29, 0.717) is 13.1 Å². The largest absolute Gasteiger partial charge is 0.348 e. The van der Waals surface area contributed by atoms with Gasteiger partial charge in [-0.3, -0.25) is 14.3 Å². The summed E-state index contributed by atoms with van der Waals surface area (Å²) in [6.45, 7) is 5.57. The Hall–Kier alpha value is -1.89. The first kappa shape index (κ1) is 14.5. The Morgan fingerprint density at radius 2 is 2.35 bits per heavy atom. The number of aromatic nitrogens is 2. The number of hydrogen-bond acceptors (Lipinski definition) is 4. The Labute approximate surface area is 118 Å². The molecule has 0 unspecified atom stereocenters. The Morgan fingerprint density at radius 3 is 2.95 bits per heavy atom. The third kappa shape index (κ3) is 3.36. The second kappa shape index (κ2) is 6.04. The Bertz CT molecular complexity index is 511. The van der Waals surface area contributed by atoms with E-state index in [-0.39, 0.29) is 24.4 Å². The van der Waals surface area contributed by atoms with Crippen molar-refractivity contribution < 1.29 is 9.59 Å². The highest BCUT2D eigenvalue weighted by atomic mass is 16.2. The van der Waals surface area contributed by atoms with Gasteiger partial charge in [0.25, 0.3) is 0 Å². The lowest BCUT2D eigenvalue weighted by molar-refractivity contribution is -0.136. The number of amides is 2. The summed E-state index contributed by atoms with van der Waals surface area (Å²) in [4.78, 5) is 25.2. The molecule has 1 fully saturated rings. The first-order chi connectivity index (χ1) is 9.47.